The molecular formula is C21H26FN3O4S. The highest BCUT2D eigenvalue weighted by Crippen LogP contribution is 2.22. The lowest BCUT2D eigenvalue weighted by Gasteiger charge is -2.28. The Hall–Kier alpha value is -2.49. The molecule has 1 aliphatic rings. The number of morpholine rings is 1. The molecule has 0 aliphatic carbocycles. The Kier molecular flexibility index (Phi) is 7.06. The van der Waals surface area contributed by atoms with E-state index in [1.807, 2.05) is 12.1 Å². The van der Waals surface area contributed by atoms with E-state index < -0.39 is 21.7 Å². The molecule has 2 aromatic rings. The van der Waals surface area contributed by atoms with Gasteiger partial charge in [0.25, 0.3) is 5.91 Å². The van der Waals surface area contributed by atoms with Crippen molar-refractivity contribution in [3.8, 4) is 0 Å². The molecule has 0 radical (unpaired) electrons. The number of ether oxygens (including phenoxy) is 1. The second-order valence-electron chi connectivity index (χ2n) is 6.83. The fraction of sp³-hybridized carbons (Fsp3) is 0.381. The van der Waals surface area contributed by atoms with Crippen molar-refractivity contribution >= 4 is 27.3 Å². The maximum atomic E-state index is 14.3. The average Bonchev–Trinajstić information content (AvgIpc) is 2.75. The fourth-order valence-electron chi connectivity index (χ4n) is 3.33. The molecule has 3 rings (SSSR count). The number of amides is 1. The predicted molar refractivity (Wildman–Crippen MR) is 114 cm³/mol. The summed E-state index contributed by atoms with van der Waals surface area (Å²) in [6, 6.07) is 10.5. The molecule has 0 saturated carbocycles. The Morgan fingerprint density at radius 3 is 2.33 bits per heavy atom. The maximum absolute atomic E-state index is 14.3. The van der Waals surface area contributed by atoms with Crippen molar-refractivity contribution in [2.24, 2.45) is 0 Å². The van der Waals surface area contributed by atoms with E-state index in [0.717, 1.165) is 30.9 Å². The minimum absolute atomic E-state index is 0.111. The molecule has 0 bridgehead atoms. The van der Waals surface area contributed by atoms with E-state index in [4.69, 9.17) is 4.74 Å². The summed E-state index contributed by atoms with van der Waals surface area (Å²) in [6.07, 6.45) is 0. The lowest BCUT2D eigenvalue weighted by atomic mass is 10.2. The third-order valence-electron chi connectivity index (χ3n) is 5.03. The number of carbonyl (C=O) groups is 1. The van der Waals surface area contributed by atoms with Gasteiger partial charge in [0.1, 0.15) is 5.82 Å². The highest BCUT2D eigenvalue weighted by Gasteiger charge is 2.24. The van der Waals surface area contributed by atoms with Crippen molar-refractivity contribution in [2.45, 2.75) is 18.7 Å². The minimum Gasteiger partial charge on any atom is -0.378 e. The summed E-state index contributed by atoms with van der Waals surface area (Å²) in [5.74, 6) is -1.49. The summed E-state index contributed by atoms with van der Waals surface area (Å²) in [4.78, 5) is 14.7. The zero-order chi connectivity index (χ0) is 21.7. The Bertz CT molecular complexity index is 986. The average molecular weight is 436 g/mol. The molecule has 1 aliphatic heterocycles. The van der Waals surface area contributed by atoms with Crippen molar-refractivity contribution in [3.63, 3.8) is 0 Å². The van der Waals surface area contributed by atoms with E-state index in [1.54, 1.807) is 26.0 Å². The van der Waals surface area contributed by atoms with Crippen LogP contribution in [-0.4, -0.2) is 58.0 Å². The standard InChI is InChI=1S/C21H26FN3O4S/c1-3-25(4-2)30(27,28)18-9-10-20(22)19(15-18)21(26)23-16-5-7-17(8-6-16)24-11-13-29-14-12-24/h5-10,15H,3-4,11-14H2,1-2H3,(H,23,26). The van der Waals surface area contributed by atoms with E-state index >= 15 is 0 Å². The number of nitrogens with zero attached hydrogens (tertiary/aromatic N) is 2. The van der Waals surface area contributed by atoms with Gasteiger partial charge >= 0.3 is 0 Å². The van der Waals surface area contributed by atoms with Crippen LogP contribution in [-0.2, 0) is 14.8 Å². The van der Waals surface area contributed by atoms with Crippen LogP contribution in [0.2, 0.25) is 0 Å². The lowest BCUT2D eigenvalue weighted by molar-refractivity contribution is 0.102. The largest absolute Gasteiger partial charge is 0.378 e. The number of sulfonamides is 1. The van der Waals surface area contributed by atoms with Crippen LogP contribution < -0.4 is 10.2 Å². The number of rotatable bonds is 7. The second-order valence-corrected chi connectivity index (χ2v) is 8.77. The molecule has 30 heavy (non-hydrogen) atoms. The number of carbonyl (C=O) groups excluding carboxylic acids is 1. The Morgan fingerprint density at radius 1 is 1.10 bits per heavy atom. The van der Waals surface area contributed by atoms with Crippen molar-refractivity contribution in [1.82, 2.24) is 4.31 Å². The highest BCUT2D eigenvalue weighted by molar-refractivity contribution is 7.89. The summed E-state index contributed by atoms with van der Waals surface area (Å²) in [6.45, 7) is 6.95. The highest BCUT2D eigenvalue weighted by atomic mass is 32.2. The Labute approximate surface area is 176 Å². The molecule has 1 saturated heterocycles. The molecule has 2 aromatic carbocycles. The first-order chi connectivity index (χ1) is 14.4. The van der Waals surface area contributed by atoms with Crippen molar-refractivity contribution < 1.29 is 22.3 Å². The van der Waals surface area contributed by atoms with Gasteiger partial charge in [-0.05, 0) is 42.5 Å². The molecule has 9 heteroatoms. The van der Waals surface area contributed by atoms with Crippen LogP contribution in [0.4, 0.5) is 15.8 Å². The summed E-state index contributed by atoms with van der Waals surface area (Å²) < 4.78 is 46.3. The zero-order valence-corrected chi connectivity index (χ0v) is 17.9. The maximum Gasteiger partial charge on any atom is 0.258 e. The van der Waals surface area contributed by atoms with Crippen LogP contribution in [0.3, 0.4) is 0 Å². The van der Waals surface area contributed by atoms with Crippen LogP contribution in [0, 0.1) is 5.82 Å². The Balaban J connectivity index is 1.78. The SMILES string of the molecule is CCN(CC)S(=O)(=O)c1ccc(F)c(C(=O)Nc2ccc(N3CCOCC3)cc2)c1. The van der Waals surface area contributed by atoms with Crippen LogP contribution in [0.25, 0.3) is 0 Å². The van der Waals surface area contributed by atoms with Crippen LogP contribution in [0.5, 0.6) is 0 Å². The fourth-order valence-corrected chi connectivity index (χ4v) is 4.81. The summed E-state index contributed by atoms with van der Waals surface area (Å²) in [5.41, 5.74) is 1.18. The first-order valence-corrected chi connectivity index (χ1v) is 11.3. The third-order valence-corrected chi connectivity index (χ3v) is 7.07. The van der Waals surface area contributed by atoms with Crippen molar-refractivity contribution in [2.75, 3.05) is 49.6 Å². The number of hydrogen-bond donors (Lipinski definition) is 1. The third kappa shape index (κ3) is 4.80. The summed E-state index contributed by atoms with van der Waals surface area (Å²) in [5, 5.41) is 2.63. The van der Waals surface area contributed by atoms with Gasteiger partial charge in [-0.15, -0.1) is 0 Å². The van der Waals surface area contributed by atoms with Gasteiger partial charge in [0.2, 0.25) is 10.0 Å². The molecule has 7 nitrogen and oxygen atoms in total. The molecule has 0 unspecified atom stereocenters. The number of anilines is 2. The Morgan fingerprint density at radius 2 is 1.73 bits per heavy atom. The van der Waals surface area contributed by atoms with E-state index in [9.17, 15) is 17.6 Å². The number of hydrogen-bond acceptors (Lipinski definition) is 5. The van der Waals surface area contributed by atoms with Gasteiger partial charge in [0, 0.05) is 37.6 Å². The topological polar surface area (TPSA) is 79.0 Å². The molecule has 1 heterocycles. The summed E-state index contributed by atoms with van der Waals surface area (Å²) in [7, 11) is -3.79. The van der Waals surface area contributed by atoms with E-state index in [0.29, 0.717) is 18.9 Å². The zero-order valence-electron chi connectivity index (χ0n) is 17.1. The van der Waals surface area contributed by atoms with E-state index in [1.165, 1.54) is 10.4 Å². The molecule has 162 valence electrons. The molecule has 0 atom stereocenters. The lowest BCUT2D eigenvalue weighted by Crippen LogP contribution is -2.36. The molecule has 0 aromatic heterocycles. The van der Waals surface area contributed by atoms with Crippen LogP contribution in [0.1, 0.15) is 24.2 Å². The molecular weight excluding hydrogens is 409 g/mol. The number of halogens is 1. The normalized spacial score (nSPS) is 14.7. The molecule has 1 amide bonds. The van der Waals surface area contributed by atoms with Gasteiger partial charge < -0.3 is 15.0 Å². The molecule has 1 fully saturated rings. The van der Waals surface area contributed by atoms with Gasteiger partial charge in [0.15, 0.2) is 0 Å². The molecule has 0 spiro atoms. The number of benzene rings is 2. The van der Waals surface area contributed by atoms with E-state index in [2.05, 4.69) is 10.2 Å². The van der Waals surface area contributed by atoms with Crippen molar-refractivity contribution in [3.05, 3.63) is 53.8 Å². The quantitative estimate of drug-likeness (QED) is 0.724. The van der Waals surface area contributed by atoms with E-state index in [-0.39, 0.29) is 23.5 Å². The van der Waals surface area contributed by atoms with Gasteiger partial charge in [-0.25, -0.2) is 12.8 Å². The molecule has 1 N–H and O–H groups in total. The van der Waals surface area contributed by atoms with Crippen LogP contribution >= 0.6 is 0 Å². The smallest absolute Gasteiger partial charge is 0.258 e. The van der Waals surface area contributed by atoms with Gasteiger partial charge in [-0.1, -0.05) is 13.8 Å². The van der Waals surface area contributed by atoms with Gasteiger partial charge in [-0.2, -0.15) is 4.31 Å². The first kappa shape index (κ1) is 22.2. The monoisotopic (exact) mass is 435 g/mol. The second kappa shape index (κ2) is 9.55. The van der Waals surface area contributed by atoms with Crippen LogP contribution in [0.15, 0.2) is 47.4 Å². The minimum atomic E-state index is -3.79. The summed E-state index contributed by atoms with van der Waals surface area (Å²) >= 11 is 0. The number of nitrogens with one attached hydrogen (secondary N) is 1. The first-order valence-electron chi connectivity index (χ1n) is 9.90. The van der Waals surface area contributed by atoms with Crippen molar-refractivity contribution in [1.29, 1.82) is 0 Å². The predicted octanol–water partition coefficient (Wildman–Crippen LogP) is 2.95. The van der Waals surface area contributed by atoms with Gasteiger partial charge in [-0.3, -0.25) is 4.79 Å². The van der Waals surface area contributed by atoms with Gasteiger partial charge in [0.05, 0.1) is 23.7 Å².